The molecule has 4 rings (SSSR count). The fraction of sp³-hybridized carbons (Fsp3) is 0.455. The molecule has 1 aromatic carbocycles. The molecule has 0 saturated carbocycles. The van der Waals surface area contributed by atoms with Gasteiger partial charge in [0.1, 0.15) is 12.4 Å². The number of rotatable bonds is 7. The third kappa shape index (κ3) is 5.53. The summed E-state index contributed by atoms with van der Waals surface area (Å²) in [4.78, 5) is 19.9. The van der Waals surface area contributed by atoms with Crippen LogP contribution in [-0.2, 0) is 22.7 Å². The Morgan fingerprint density at radius 1 is 1.14 bits per heavy atom. The number of fused-ring (bicyclic) bond motifs is 3. The molecule has 29 heavy (non-hydrogen) atoms. The van der Waals surface area contributed by atoms with Crippen LogP contribution in [0.1, 0.15) is 11.3 Å². The predicted octanol–water partition coefficient (Wildman–Crippen LogP) is 1.88. The van der Waals surface area contributed by atoms with E-state index in [9.17, 15) is 4.79 Å². The van der Waals surface area contributed by atoms with Gasteiger partial charge < -0.3 is 14.6 Å². The Morgan fingerprint density at radius 3 is 2.76 bits per heavy atom. The summed E-state index contributed by atoms with van der Waals surface area (Å²) in [7, 11) is 0. The SMILES string of the molecule is O=C(O)CN1C[C@@H]2COC[C@H](C1)N(Cc1ccc(OCc3ccccn3)cc1)C2. The van der Waals surface area contributed by atoms with E-state index in [1.165, 1.54) is 5.56 Å². The molecule has 1 aromatic heterocycles. The summed E-state index contributed by atoms with van der Waals surface area (Å²) >= 11 is 0. The summed E-state index contributed by atoms with van der Waals surface area (Å²) in [6, 6.07) is 14.2. The van der Waals surface area contributed by atoms with Crippen LogP contribution in [-0.4, -0.2) is 71.3 Å². The summed E-state index contributed by atoms with van der Waals surface area (Å²) in [6.07, 6.45) is 1.76. The lowest BCUT2D eigenvalue weighted by Crippen LogP contribution is -2.44. The van der Waals surface area contributed by atoms with Crippen LogP contribution in [0.25, 0.3) is 0 Å². The maximum absolute atomic E-state index is 11.1. The van der Waals surface area contributed by atoms with Gasteiger partial charge in [-0.05, 0) is 29.8 Å². The fourth-order valence-electron chi connectivity index (χ4n) is 4.11. The maximum Gasteiger partial charge on any atom is 0.317 e. The average molecular weight is 397 g/mol. The number of nitrogens with zero attached hydrogens (tertiary/aromatic N) is 3. The van der Waals surface area contributed by atoms with Gasteiger partial charge in [0.25, 0.3) is 0 Å². The Kier molecular flexibility index (Phi) is 6.39. The van der Waals surface area contributed by atoms with Gasteiger partial charge in [0.2, 0.25) is 0 Å². The van der Waals surface area contributed by atoms with Crippen molar-refractivity contribution in [3.8, 4) is 5.75 Å². The second kappa shape index (κ2) is 9.35. The average Bonchev–Trinajstić information content (AvgIpc) is 2.98. The maximum atomic E-state index is 11.1. The van der Waals surface area contributed by atoms with Crippen molar-refractivity contribution in [1.29, 1.82) is 0 Å². The number of ether oxygens (including phenoxy) is 2. The smallest absolute Gasteiger partial charge is 0.317 e. The van der Waals surface area contributed by atoms with E-state index >= 15 is 0 Å². The zero-order chi connectivity index (χ0) is 20.1. The summed E-state index contributed by atoms with van der Waals surface area (Å²) in [6.45, 7) is 5.16. The Bertz CT molecular complexity index is 799. The van der Waals surface area contributed by atoms with Crippen molar-refractivity contribution in [3.05, 3.63) is 59.9 Å². The van der Waals surface area contributed by atoms with Gasteiger partial charge in [-0.2, -0.15) is 0 Å². The van der Waals surface area contributed by atoms with Crippen molar-refractivity contribution in [1.82, 2.24) is 14.8 Å². The second-order valence-electron chi connectivity index (χ2n) is 7.83. The van der Waals surface area contributed by atoms with Crippen molar-refractivity contribution in [2.75, 3.05) is 39.4 Å². The van der Waals surface area contributed by atoms with Crippen molar-refractivity contribution < 1.29 is 19.4 Å². The lowest BCUT2D eigenvalue weighted by molar-refractivity contribution is -0.138. The molecule has 2 saturated heterocycles. The number of pyridine rings is 1. The first-order chi connectivity index (χ1) is 14.2. The van der Waals surface area contributed by atoms with Crippen molar-refractivity contribution in [2.45, 2.75) is 19.2 Å². The quantitative estimate of drug-likeness (QED) is 0.765. The molecule has 2 bridgehead atoms. The number of aromatic nitrogens is 1. The van der Waals surface area contributed by atoms with E-state index in [1.807, 2.05) is 30.3 Å². The molecule has 0 amide bonds. The highest BCUT2D eigenvalue weighted by atomic mass is 16.5. The summed E-state index contributed by atoms with van der Waals surface area (Å²) in [5, 5.41) is 9.16. The van der Waals surface area contributed by atoms with Crippen molar-refractivity contribution in [2.24, 2.45) is 5.92 Å². The monoisotopic (exact) mass is 397 g/mol. The topological polar surface area (TPSA) is 75.1 Å². The summed E-state index contributed by atoms with van der Waals surface area (Å²) in [5.74, 6) is 0.395. The summed E-state index contributed by atoms with van der Waals surface area (Å²) in [5.41, 5.74) is 2.12. The van der Waals surface area contributed by atoms with Crippen molar-refractivity contribution in [3.63, 3.8) is 0 Å². The zero-order valence-corrected chi connectivity index (χ0v) is 16.4. The first kappa shape index (κ1) is 19.8. The Hall–Kier alpha value is -2.48. The van der Waals surface area contributed by atoms with Gasteiger partial charge >= 0.3 is 5.97 Å². The molecular formula is C22H27N3O4. The van der Waals surface area contributed by atoms with Crippen LogP contribution < -0.4 is 4.74 Å². The van der Waals surface area contributed by atoms with Crippen LogP contribution in [0.2, 0.25) is 0 Å². The van der Waals surface area contributed by atoms with Gasteiger partial charge in [-0.3, -0.25) is 19.6 Å². The normalized spacial score (nSPS) is 22.8. The Morgan fingerprint density at radius 2 is 2.00 bits per heavy atom. The number of carboxylic acids is 1. The van der Waals surface area contributed by atoms with Crippen LogP contribution >= 0.6 is 0 Å². The summed E-state index contributed by atoms with van der Waals surface area (Å²) < 4.78 is 11.7. The number of benzene rings is 1. The van der Waals surface area contributed by atoms with Crippen LogP contribution in [0.15, 0.2) is 48.7 Å². The highest BCUT2D eigenvalue weighted by Crippen LogP contribution is 2.23. The van der Waals surface area contributed by atoms with E-state index in [2.05, 4.69) is 26.9 Å². The minimum absolute atomic E-state index is 0.100. The fourth-order valence-corrected chi connectivity index (χ4v) is 4.11. The highest BCUT2D eigenvalue weighted by molar-refractivity contribution is 5.69. The second-order valence-corrected chi connectivity index (χ2v) is 7.83. The zero-order valence-electron chi connectivity index (χ0n) is 16.4. The van der Waals surface area contributed by atoms with Gasteiger partial charge in [-0.25, -0.2) is 0 Å². The molecule has 7 nitrogen and oxygen atoms in total. The van der Waals surface area contributed by atoms with Crippen LogP contribution in [0.3, 0.4) is 0 Å². The first-order valence-electron chi connectivity index (χ1n) is 10.0. The molecule has 3 heterocycles. The van der Waals surface area contributed by atoms with E-state index in [4.69, 9.17) is 14.6 Å². The largest absolute Gasteiger partial charge is 0.487 e. The first-order valence-corrected chi connectivity index (χ1v) is 10.0. The minimum Gasteiger partial charge on any atom is -0.487 e. The van der Waals surface area contributed by atoms with E-state index < -0.39 is 5.97 Å². The van der Waals surface area contributed by atoms with E-state index in [0.29, 0.717) is 25.7 Å². The molecule has 0 unspecified atom stereocenters. The number of hydrogen-bond donors (Lipinski definition) is 1. The molecule has 0 radical (unpaired) electrons. The molecule has 7 heteroatoms. The van der Waals surface area contributed by atoms with Gasteiger partial charge in [-0.1, -0.05) is 18.2 Å². The van der Waals surface area contributed by atoms with E-state index in [-0.39, 0.29) is 12.6 Å². The molecular weight excluding hydrogens is 370 g/mol. The molecule has 0 spiro atoms. The number of hydrogen-bond acceptors (Lipinski definition) is 6. The highest BCUT2D eigenvalue weighted by Gasteiger charge is 2.33. The molecule has 1 N–H and O–H groups in total. The van der Waals surface area contributed by atoms with E-state index in [1.54, 1.807) is 6.20 Å². The van der Waals surface area contributed by atoms with Gasteiger partial charge in [0.15, 0.2) is 0 Å². The molecule has 2 atom stereocenters. The molecule has 2 aromatic rings. The minimum atomic E-state index is -0.765. The van der Waals surface area contributed by atoms with E-state index in [0.717, 1.165) is 37.6 Å². The third-order valence-electron chi connectivity index (χ3n) is 5.44. The Balaban J connectivity index is 1.36. The molecule has 2 aliphatic rings. The molecule has 154 valence electrons. The van der Waals surface area contributed by atoms with Gasteiger partial charge in [-0.15, -0.1) is 0 Å². The number of aliphatic carboxylic acids is 1. The third-order valence-corrected chi connectivity index (χ3v) is 5.44. The number of carbonyl (C=O) groups is 1. The predicted molar refractivity (Wildman–Crippen MR) is 108 cm³/mol. The standard InChI is InChI=1S/C22H27N3O4/c26-22(27)13-24-9-18-11-25(20(12-24)16-28-14-18)10-17-4-6-21(7-5-17)29-15-19-3-1-2-8-23-19/h1-8,18,20H,9-16H2,(H,26,27)/t18-,20-/m0/s1. The van der Waals surface area contributed by atoms with Crippen LogP contribution in [0.4, 0.5) is 0 Å². The van der Waals surface area contributed by atoms with Gasteiger partial charge in [0, 0.05) is 44.3 Å². The Labute approximate surface area is 170 Å². The molecule has 2 aliphatic heterocycles. The van der Waals surface area contributed by atoms with Crippen LogP contribution in [0, 0.1) is 5.92 Å². The molecule has 0 aliphatic carbocycles. The van der Waals surface area contributed by atoms with Crippen molar-refractivity contribution >= 4 is 5.97 Å². The van der Waals surface area contributed by atoms with Gasteiger partial charge in [0.05, 0.1) is 25.5 Å². The molecule has 2 fully saturated rings. The lowest BCUT2D eigenvalue weighted by Gasteiger charge is -2.30. The van der Waals surface area contributed by atoms with Crippen LogP contribution in [0.5, 0.6) is 5.75 Å². The lowest BCUT2D eigenvalue weighted by atomic mass is 10.1. The number of carboxylic acid groups (broad SMARTS) is 1.